The molecule has 1 saturated carbocycles. The van der Waals surface area contributed by atoms with E-state index in [0.29, 0.717) is 29.6 Å². The van der Waals surface area contributed by atoms with Gasteiger partial charge in [0.2, 0.25) is 0 Å². The van der Waals surface area contributed by atoms with Crippen LogP contribution in [-0.4, -0.2) is 11.0 Å². The van der Waals surface area contributed by atoms with Crippen molar-refractivity contribution >= 4 is 74.0 Å². The molecule has 0 amide bonds. The predicted molar refractivity (Wildman–Crippen MR) is 315 cm³/mol. The molecule has 7 aliphatic carbocycles. The number of furan rings is 3. The Morgan fingerprint density at radius 2 is 1.52 bits per heavy atom. The van der Waals surface area contributed by atoms with Crippen molar-refractivity contribution in [3.8, 4) is 5.75 Å². The van der Waals surface area contributed by atoms with Gasteiger partial charge in [-0.1, -0.05) is 118 Å². The summed E-state index contributed by atoms with van der Waals surface area (Å²) in [6, 6.07) is 38.6. The minimum absolute atomic E-state index is 0.0875. The van der Waals surface area contributed by atoms with Crippen LogP contribution in [0.5, 0.6) is 5.75 Å². The fraction of sp³-hybridized carbons (Fsp3) is 0.306. The highest BCUT2D eigenvalue weighted by atomic mass is 16.5. The second-order valence-corrected chi connectivity index (χ2v) is 25.3. The molecule has 5 heterocycles. The molecule has 5 aromatic carbocycles. The van der Waals surface area contributed by atoms with Crippen LogP contribution in [0.3, 0.4) is 0 Å². The maximum absolute atomic E-state index is 7.42. The van der Waals surface area contributed by atoms with E-state index >= 15 is 0 Å². The monoisotopic (exact) mass is 1040 g/mol. The molecule has 8 aromatic rings. The van der Waals surface area contributed by atoms with Crippen LogP contribution in [0.2, 0.25) is 0 Å². The van der Waals surface area contributed by atoms with Gasteiger partial charge in [-0.3, -0.25) is 0 Å². The zero-order chi connectivity index (χ0) is 53.0. The van der Waals surface area contributed by atoms with E-state index in [2.05, 4.69) is 204 Å². The topological polar surface area (TPSA) is 64.4 Å². The molecular formula is C72H64N2O5. The lowest BCUT2D eigenvalue weighted by Gasteiger charge is -2.46. The third-order valence-corrected chi connectivity index (χ3v) is 20.4. The number of fused-ring (bicyclic) bond motifs is 14. The van der Waals surface area contributed by atoms with E-state index in [4.69, 9.17) is 22.7 Å². The van der Waals surface area contributed by atoms with Gasteiger partial charge in [-0.2, -0.15) is 0 Å². The first-order valence-electron chi connectivity index (χ1n) is 29.1. The highest BCUT2D eigenvalue weighted by Crippen LogP contribution is 2.66. The molecule has 17 rings (SSSR count). The van der Waals surface area contributed by atoms with E-state index in [0.717, 1.165) is 126 Å². The summed E-state index contributed by atoms with van der Waals surface area (Å²) in [4.78, 5) is 5.00. The molecule has 10 unspecified atom stereocenters. The van der Waals surface area contributed by atoms with Crippen LogP contribution in [0.1, 0.15) is 119 Å². The molecule has 2 fully saturated rings. The predicted octanol–water partition coefficient (Wildman–Crippen LogP) is 17.1. The first-order chi connectivity index (χ1) is 38.4. The molecule has 1 saturated heterocycles. The number of allylic oxidation sites excluding steroid dienone is 7. The quantitative estimate of drug-likeness (QED) is 0.154. The average molecular weight is 1040 g/mol. The number of nitrogens with zero attached hydrogens (tertiary/aromatic N) is 2. The summed E-state index contributed by atoms with van der Waals surface area (Å²) in [5.74, 6) is 7.16. The maximum atomic E-state index is 7.42. The standard InChI is InChI=1S/C72H64N2O5/c1-38-29-42(5)65(43(6)30-38)74(56-26-23-40(3)63-69(56)79-61-32-44-27-28-72(61,63)37-44)47-31-41(4)62-53-34-45-33-52-49-25-24-46(73(54-19-11-8-15-39(54)2)55-20-14-18-50-48-16-9-12-21-57(48)75-66(50)55)35-59(49)76-67(52)64-51-17-10-13-22-58(51)78-70(71(45,64)7)68(53)77-60(62)36-47/h8-28,33-36,38,40-42,44,61,63-64H,29-32,37H2,1-7H3. The number of para-hydroxylation sites is 4. The molecule has 7 heteroatoms. The smallest absolute Gasteiger partial charge is 0.174 e. The average Bonchev–Trinajstić information content (AvgIpc) is 4.40. The van der Waals surface area contributed by atoms with Crippen molar-refractivity contribution in [3.05, 3.63) is 212 Å². The van der Waals surface area contributed by atoms with Gasteiger partial charge in [0.1, 0.15) is 40.3 Å². The molecule has 7 nitrogen and oxygen atoms in total. The number of aryl methyl sites for hydroxylation is 1. The second kappa shape index (κ2) is 16.1. The van der Waals surface area contributed by atoms with Crippen molar-refractivity contribution in [2.24, 2.45) is 40.4 Å². The van der Waals surface area contributed by atoms with Crippen molar-refractivity contribution in [1.29, 1.82) is 0 Å². The Hall–Kier alpha value is -7.90. The van der Waals surface area contributed by atoms with E-state index in [1.54, 1.807) is 0 Å². The molecular weight excluding hydrogens is 973 g/mol. The van der Waals surface area contributed by atoms with Crippen LogP contribution in [-0.2, 0) is 4.74 Å². The fourth-order valence-corrected chi connectivity index (χ4v) is 17.2. The molecule has 2 aliphatic heterocycles. The SMILES string of the molecule is CC1=C(N(C2=Cc3oc4c(c3C(C)C2)=CC2=Cc3c(oc5cc(N(c6ccccc6C)c6cccc7c6oc6ccccc67)ccc35)C3c5ccccc5OC=4C23C)C2=C3OC4CC5C=CC4(C5)C3C(C)C=C2)C(C)CC(C)C1. The highest BCUT2D eigenvalue weighted by Gasteiger charge is 2.63. The summed E-state index contributed by atoms with van der Waals surface area (Å²) in [7, 11) is 0. The molecule has 1 spiro atoms. The van der Waals surface area contributed by atoms with E-state index in [1.165, 1.54) is 46.0 Å². The Morgan fingerprint density at radius 3 is 2.39 bits per heavy atom. The summed E-state index contributed by atoms with van der Waals surface area (Å²) >= 11 is 0. The van der Waals surface area contributed by atoms with Crippen LogP contribution in [0, 0.1) is 47.3 Å². The van der Waals surface area contributed by atoms with Crippen LogP contribution in [0.25, 0.3) is 56.9 Å². The second-order valence-electron chi connectivity index (χ2n) is 25.3. The summed E-state index contributed by atoms with van der Waals surface area (Å²) in [5, 5.41) is 4.40. The Labute approximate surface area is 460 Å². The van der Waals surface area contributed by atoms with Gasteiger partial charge in [0.25, 0.3) is 0 Å². The van der Waals surface area contributed by atoms with Crippen molar-refractivity contribution in [3.63, 3.8) is 0 Å². The minimum Gasteiger partial charge on any atom is -0.491 e. The lowest BCUT2D eigenvalue weighted by Crippen LogP contribution is -2.46. The number of hydrogen-bond acceptors (Lipinski definition) is 7. The number of anilines is 3. The van der Waals surface area contributed by atoms with Crippen molar-refractivity contribution in [2.45, 2.75) is 98.5 Å². The van der Waals surface area contributed by atoms with Crippen molar-refractivity contribution in [1.82, 2.24) is 4.90 Å². The molecule has 392 valence electrons. The number of rotatable bonds is 6. The summed E-state index contributed by atoms with van der Waals surface area (Å²) < 4.78 is 36.1. The van der Waals surface area contributed by atoms with Gasteiger partial charge < -0.3 is 32.5 Å². The van der Waals surface area contributed by atoms with E-state index in [9.17, 15) is 0 Å². The Balaban J connectivity index is 0.835. The van der Waals surface area contributed by atoms with E-state index < -0.39 is 5.41 Å². The van der Waals surface area contributed by atoms with Crippen LogP contribution < -0.4 is 20.3 Å². The third kappa shape index (κ3) is 6.14. The highest BCUT2D eigenvalue weighted by molar-refractivity contribution is 6.10. The lowest BCUT2D eigenvalue weighted by atomic mass is 9.60. The molecule has 2 bridgehead atoms. The van der Waals surface area contributed by atoms with Gasteiger partial charge in [-0.05, 0) is 148 Å². The number of hydrogen-bond donors (Lipinski definition) is 0. The Bertz CT molecular complexity index is 4370. The summed E-state index contributed by atoms with van der Waals surface area (Å²) in [6.07, 6.45) is 22.9. The molecule has 0 N–H and O–H groups in total. The van der Waals surface area contributed by atoms with Gasteiger partial charge in [0.15, 0.2) is 16.8 Å². The molecule has 0 radical (unpaired) electrons. The van der Waals surface area contributed by atoms with Gasteiger partial charge in [-0.15, -0.1) is 0 Å². The number of benzene rings is 5. The van der Waals surface area contributed by atoms with Crippen molar-refractivity contribution in [2.75, 3.05) is 4.90 Å². The molecule has 10 atom stereocenters. The molecule has 79 heavy (non-hydrogen) atoms. The zero-order valence-electron chi connectivity index (χ0n) is 46.0. The van der Waals surface area contributed by atoms with Crippen LogP contribution in [0.4, 0.5) is 17.1 Å². The normalized spacial score (nSPS) is 29.3. The lowest BCUT2D eigenvalue weighted by molar-refractivity contribution is 0.112. The van der Waals surface area contributed by atoms with E-state index in [-0.39, 0.29) is 23.4 Å². The van der Waals surface area contributed by atoms with Gasteiger partial charge in [-0.25, -0.2) is 0 Å². The Kier molecular flexibility index (Phi) is 9.40. The Morgan fingerprint density at radius 1 is 0.696 bits per heavy atom. The van der Waals surface area contributed by atoms with Gasteiger partial charge >= 0.3 is 0 Å². The fourth-order valence-electron chi connectivity index (χ4n) is 17.2. The third-order valence-electron chi connectivity index (χ3n) is 20.4. The van der Waals surface area contributed by atoms with Gasteiger partial charge in [0, 0.05) is 78.6 Å². The first-order valence-corrected chi connectivity index (χ1v) is 29.1. The number of ether oxygens (including phenoxy) is 2. The van der Waals surface area contributed by atoms with Crippen molar-refractivity contribution < 1.29 is 22.7 Å². The molecule has 3 aromatic heterocycles. The van der Waals surface area contributed by atoms with E-state index in [1.807, 2.05) is 6.07 Å². The van der Waals surface area contributed by atoms with Gasteiger partial charge in [0.05, 0.1) is 28.4 Å². The van der Waals surface area contributed by atoms with Crippen LogP contribution in [0.15, 0.2) is 181 Å². The van der Waals surface area contributed by atoms with Crippen LogP contribution >= 0.6 is 0 Å². The largest absolute Gasteiger partial charge is 0.491 e. The molecule has 9 aliphatic rings. The summed E-state index contributed by atoms with van der Waals surface area (Å²) in [6.45, 7) is 16.6. The summed E-state index contributed by atoms with van der Waals surface area (Å²) in [5.41, 5.74) is 17.2. The zero-order valence-corrected chi connectivity index (χ0v) is 46.0. The maximum Gasteiger partial charge on any atom is 0.174 e. The minimum atomic E-state index is -0.621. The first kappa shape index (κ1) is 46.1.